The van der Waals surface area contributed by atoms with Gasteiger partial charge in [0, 0.05) is 19.2 Å². The van der Waals surface area contributed by atoms with Gasteiger partial charge in [0.1, 0.15) is 11.1 Å². The van der Waals surface area contributed by atoms with Gasteiger partial charge < -0.3 is 10.6 Å². The Morgan fingerprint density at radius 2 is 1.77 bits per heavy atom. The fraction of sp³-hybridized carbons (Fsp3) is 0.222. The molecule has 0 bridgehead atoms. The second kappa shape index (κ2) is 8.09. The smallest absolute Gasteiger partial charge is 0.238 e. The molecule has 0 aliphatic heterocycles. The van der Waals surface area contributed by atoms with Gasteiger partial charge in [-0.15, -0.1) is 0 Å². The van der Waals surface area contributed by atoms with Crippen molar-refractivity contribution in [3.05, 3.63) is 59.9 Å². The van der Waals surface area contributed by atoms with E-state index in [1.807, 2.05) is 0 Å². The maximum atomic E-state index is 13.0. The molecule has 2 amide bonds. The lowest BCUT2D eigenvalue weighted by molar-refractivity contribution is -0.120. The highest BCUT2D eigenvalue weighted by molar-refractivity contribution is 7.92. The van der Waals surface area contributed by atoms with Gasteiger partial charge in [0.25, 0.3) is 0 Å². The zero-order valence-corrected chi connectivity index (χ0v) is 15.1. The maximum absolute atomic E-state index is 13.0. The number of hydrogen-bond donors (Lipinski definition) is 2. The minimum Gasteiger partial charge on any atom is -0.351 e. The van der Waals surface area contributed by atoms with Crippen molar-refractivity contribution in [2.24, 2.45) is 0 Å². The molecule has 2 aromatic carbocycles. The summed E-state index contributed by atoms with van der Waals surface area (Å²) in [6.07, 6.45) is 0. The van der Waals surface area contributed by atoms with Crippen molar-refractivity contribution in [2.45, 2.75) is 30.5 Å². The van der Waals surface area contributed by atoms with Gasteiger partial charge in [-0.2, -0.15) is 0 Å². The first-order valence-corrected chi connectivity index (χ1v) is 9.38. The molecule has 0 aliphatic rings. The average molecular weight is 378 g/mol. The summed E-state index contributed by atoms with van der Waals surface area (Å²) >= 11 is 0. The van der Waals surface area contributed by atoms with Gasteiger partial charge in [0.15, 0.2) is 9.84 Å². The van der Waals surface area contributed by atoms with Crippen LogP contribution in [0, 0.1) is 5.82 Å². The number of nitrogens with one attached hydrogen (secondary N) is 2. The third-order valence-electron chi connectivity index (χ3n) is 3.69. The molecule has 6 nitrogen and oxygen atoms in total. The topological polar surface area (TPSA) is 92.3 Å². The fourth-order valence-electron chi connectivity index (χ4n) is 2.26. The lowest BCUT2D eigenvalue weighted by atomic mass is 10.2. The molecule has 0 saturated carbocycles. The van der Waals surface area contributed by atoms with E-state index in [1.165, 1.54) is 13.8 Å². The molecule has 0 heterocycles. The molecule has 1 atom stereocenters. The Bertz CT molecular complexity index is 911. The van der Waals surface area contributed by atoms with E-state index in [-0.39, 0.29) is 17.3 Å². The third-order valence-corrected chi connectivity index (χ3v) is 5.77. The molecule has 2 N–H and O–H groups in total. The van der Waals surface area contributed by atoms with Crippen LogP contribution < -0.4 is 10.6 Å². The van der Waals surface area contributed by atoms with E-state index in [4.69, 9.17) is 0 Å². The average Bonchev–Trinajstić information content (AvgIpc) is 2.59. The van der Waals surface area contributed by atoms with E-state index in [0.29, 0.717) is 11.3 Å². The first kappa shape index (κ1) is 19.6. The van der Waals surface area contributed by atoms with Crippen LogP contribution in [-0.2, 0) is 26.0 Å². The number of benzene rings is 2. The number of halogens is 1. The van der Waals surface area contributed by atoms with Crippen LogP contribution in [0.3, 0.4) is 0 Å². The second-order valence-electron chi connectivity index (χ2n) is 5.74. The van der Waals surface area contributed by atoms with Crippen LogP contribution in [-0.4, -0.2) is 25.5 Å². The highest BCUT2D eigenvalue weighted by Gasteiger charge is 2.29. The molecule has 0 spiro atoms. The van der Waals surface area contributed by atoms with Crippen molar-refractivity contribution in [1.82, 2.24) is 5.32 Å². The Labute approximate surface area is 151 Å². The van der Waals surface area contributed by atoms with Crippen LogP contribution >= 0.6 is 0 Å². The van der Waals surface area contributed by atoms with Gasteiger partial charge in [-0.3, -0.25) is 9.59 Å². The van der Waals surface area contributed by atoms with Crippen molar-refractivity contribution < 1.29 is 22.4 Å². The molecular formula is C18H19FN2O4S. The SMILES string of the molecule is CC(=O)Nc1cccc(CNC(=O)C(C)S(=O)(=O)c2ccc(F)cc2)c1. The van der Waals surface area contributed by atoms with Gasteiger partial charge in [-0.25, -0.2) is 12.8 Å². The summed E-state index contributed by atoms with van der Waals surface area (Å²) in [6.45, 7) is 2.77. The van der Waals surface area contributed by atoms with Crippen molar-refractivity contribution in [3.8, 4) is 0 Å². The number of hydrogen-bond acceptors (Lipinski definition) is 4. The monoisotopic (exact) mass is 378 g/mol. The van der Waals surface area contributed by atoms with Gasteiger partial charge >= 0.3 is 0 Å². The molecule has 26 heavy (non-hydrogen) atoms. The van der Waals surface area contributed by atoms with Crippen LogP contribution in [0.1, 0.15) is 19.4 Å². The predicted molar refractivity (Wildman–Crippen MR) is 95.6 cm³/mol. The number of carbonyl (C=O) groups excluding carboxylic acids is 2. The normalized spacial score (nSPS) is 12.3. The Balaban J connectivity index is 2.05. The number of rotatable bonds is 6. The Morgan fingerprint density at radius 1 is 1.12 bits per heavy atom. The molecule has 0 fully saturated rings. The van der Waals surface area contributed by atoms with Crippen LogP contribution in [0.15, 0.2) is 53.4 Å². The van der Waals surface area contributed by atoms with Crippen molar-refractivity contribution in [1.29, 1.82) is 0 Å². The van der Waals surface area contributed by atoms with Gasteiger partial charge in [0.05, 0.1) is 4.90 Å². The van der Waals surface area contributed by atoms with Gasteiger partial charge in [0.2, 0.25) is 11.8 Å². The molecule has 0 aromatic heterocycles. The zero-order valence-electron chi connectivity index (χ0n) is 14.3. The lowest BCUT2D eigenvalue weighted by Crippen LogP contribution is -2.37. The summed E-state index contributed by atoms with van der Waals surface area (Å²) in [5.74, 6) is -1.44. The summed E-state index contributed by atoms with van der Waals surface area (Å²) in [6, 6.07) is 11.2. The molecule has 0 aliphatic carbocycles. The lowest BCUT2D eigenvalue weighted by Gasteiger charge is -2.14. The van der Waals surface area contributed by atoms with E-state index in [2.05, 4.69) is 10.6 Å². The largest absolute Gasteiger partial charge is 0.351 e. The van der Waals surface area contributed by atoms with Gasteiger partial charge in [-0.05, 0) is 48.9 Å². The van der Waals surface area contributed by atoms with Crippen LogP contribution in [0.5, 0.6) is 0 Å². The summed E-state index contributed by atoms with van der Waals surface area (Å²) in [4.78, 5) is 23.2. The number of carbonyl (C=O) groups is 2. The quantitative estimate of drug-likeness (QED) is 0.754. The van der Waals surface area contributed by atoms with Crippen LogP contribution in [0.4, 0.5) is 10.1 Å². The molecule has 8 heteroatoms. The Morgan fingerprint density at radius 3 is 2.38 bits per heavy atom. The van der Waals surface area contributed by atoms with E-state index in [1.54, 1.807) is 24.3 Å². The minimum absolute atomic E-state index is 0.107. The summed E-state index contributed by atoms with van der Waals surface area (Å²) in [5, 5.41) is 3.86. The standard InChI is InChI=1S/C18H19FN2O4S/c1-12(26(24,25)17-8-6-15(19)7-9-17)18(23)20-11-14-4-3-5-16(10-14)21-13(2)22/h3-10,12H,11H2,1-2H3,(H,20,23)(H,21,22). The summed E-state index contributed by atoms with van der Waals surface area (Å²) in [5.41, 5.74) is 1.28. The summed E-state index contributed by atoms with van der Waals surface area (Å²) in [7, 11) is -3.92. The minimum atomic E-state index is -3.92. The van der Waals surface area contributed by atoms with Crippen molar-refractivity contribution in [2.75, 3.05) is 5.32 Å². The summed E-state index contributed by atoms with van der Waals surface area (Å²) < 4.78 is 37.8. The highest BCUT2D eigenvalue weighted by atomic mass is 32.2. The highest BCUT2D eigenvalue weighted by Crippen LogP contribution is 2.17. The van der Waals surface area contributed by atoms with Gasteiger partial charge in [-0.1, -0.05) is 12.1 Å². The molecule has 138 valence electrons. The van der Waals surface area contributed by atoms with E-state index in [9.17, 15) is 22.4 Å². The second-order valence-corrected chi connectivity index (χ2v) is 8.01. The maximum Gasteiger partial charge on any atom is 0.238 e. The molecule has 0 radical (unpaired) electrons. The van der Waals surface area contributed by atoms with E-state index >= 15 is 0 Å². The molecule has 1 unspecified atom stereocenters. The molecule has 0 saturated heterocycles. The first-order valence-electron chi connectivity index (χ1n) is 7.84. The van der Waals surface area contributed by atoms with Crippen LogP contribution in [0.2, 0.25) is 0 Å². The fourth-order valence-corrected chi connectivity index (χ4v) is 3.55. The predicted octanol–water partition coefficient (Wildman–Crippen LogP) is 2.26. The zero-order chi connectivity index (χ0) is 19.3. The van der Waals surface area contributed by atoms with E-state index < -0.39 is 26.8 Å². The molecular weight excluding hydrogens is 359 g/mol. The Kier molecular flexibility index (Phi) is 6.10. The van der Waals surface area contributed by atoms with Crippen molar-refractivity contribution >= 4 is 27.3 Å². The van der Waals surface area contributed by atoms with E-state index in [0.717, 1.165) is 24.3 Å². The molecule has 2 rings (SSSR count). The first-order chi connectivity index (χ1) is 12.2. The number of sulfone groups is 1. The third kappa shape index (κ3) is 4.89. The van der Waals surface area contributed by atoms with Crippen molar-refractivity contribution in [3.63, 3.8) is 0 Å². The Hall–Kier alpha value is -2.74. The number of anilines is 1. The molecule has 2 aromatic rings. The number of amides is 2. The van der Waals surface area contributed by atoms with Crippen LogP contribution in [0.25, 0.3) is 0 Å².